The maximum atomic E-state index is 6.17. The van der Waals surface area contributed by atoms with Crippen molar-refractivity contribution in [3.63, 3.8) is 0 Å². The number of para-hydroxylation sites is 2. The third kappa shape index (κ3) is 5.22. The largest absolute Gasteiger partial charge is 0.441 e. The van der Waals surface area contributed by atoms with E-state index in [1.807, 2.05) is 60.7 Å². The molecule has 2 aromatic rings. The van der Waals surface area contributed by atoms with Crippen molar-refractivity contribution in [2.75, 3.05) is 0 Å². The summed E-state index contributed by atoms with van der Waals surface area (Å²) >= 11 is 21.7. The summed E-state index contributed by atoms with van der Waals surface area (Å²) < 4.78 is 10.2. The molecule has 0 aliphatic heterocycles. The topological polar surface area (TPSA) is 18.5 Å². The third-order valence-electron chi connectivity index (χ3n) is 2.95. The van der Waals surface area contributed by atoms with Gasteiger partial charge in [0.15, 0.2) is 3.23 Å². The van der Waals surface area contributed by atoms with Gasteiger partial charge in [-0.25, -0.2) is 0 Å². The zero-order valence-corrected chi connectivity index (χ0v) is 21.5. The molecule has 8 heteroatoms. The van der Waals surface area contributed by atoms with E-state index in [0.29, 0.717) is 11.5 Å². The maximum absolute atomic E-state index is 6.17. The minimum Gasteiger partial charge on any atom is -0.441 e. The van der Waals surface area contributed by atoms with Crippen molar-refractivity contribution in [1.82, 2.24) is 0 Å². The van der Waals surface area contributed by atoms with E-state index in [1.165, 1.54) is 0 Å². The van der Waals surface area contributed by atoms with Gasteiger partial charge in [0.2, 0.25) is 0 Å². The third-order valence-corrected chi connectivity index (χ3v) is 11.9. The van der Waals surface area contributed by atoms with Gasteiger partial charge in [-0.1, -0.05) is 116 Å². The van der Waals surface area contributed by atoms with E-state index in [4.69, 9.17) is 9.47 Å². The molecule has 0 aliphatic rings. The first-order valence-corrected chi connectivity index (χ1v) is 11.9. The number of benzene rings is 2. The molecule has 0 heterocycles. The van der Waals surface area contributed by atoms with E-state index in [9.17, 15) is 0 Å². The van der Waals surface area contributed by atoms with E-state index in [0.717, 1.165) is 0 Å². The lowest BCUT2D eigenvalue weighted by atomic mass is 10.3. The normalized spacial score (nSPS) is 13.6. The molecule has 0 aliphatic carbocycles. The molecule has 1 atom stereocenters. The van der Waals surface area contributed by atoms with E-state index in [-0.39, 0.29) is 8.56 Å². The molecule has 24 heavy (non-hydrogen) atoms. The Balaban J connectivity index is 2.40. The second-order valence-electron chi connectivity index (χ2n) is 4.73. The zero-order valence-electron chi connectivity index (χ0n) is 12.0. The summed E-state index contributed by atoms with van der Waals surface area (Å²) in [6, 6.07) is 18.9. The zero-order chi connectivity index (χ0) is 17.8. The highest BCUT2D eigenvalue weighted by Gasteiger charge is 2.57. The predicted molar refractivity (Wildman–Crippen MR) is 121 cm³/mol. The molecule has 2 nitrogen and oxygen atoms in total. The molecule has 0 N–H and O–H groups in total. The van der Waals surface area contributed by atoms with E-state index < -0.39 is 7.93 Å². The van der Waals surface area contributed by atoms with Crippen molar-refractivity contribution in [2.45, 2.75) is 16.5 Å². The fraction of sp³-hybridized carbons (Fsp3) is 0.250. The summed E-state index contributed by atoms with van der Waals surface area (Å²) in [5, 5.41) is 0. The highest BCUT2D eigenvalue weighted by atomic mass is 79.9. The first kappa shape index (κ1) is 21.2. The number of halogens is 6. The van der Waals surface area contributed by atoms with E-state index in [1.54, 1.807) is 0 Å². The average molecular weight is 716 g/mol. The highest BCUT2D eigenvalue weighted by Crippen LogP contribution is 2.53. The molecule has 0 aromatic heterocycles. The van der Waals surface area contributed by atoms with Gasteiger partial charge in [0.25, 0.3) is 0 Å². The first-order valence-electron chi connectivity index (χ1n) is 6.73. The highest BCUT2D eigenvalue weighted by molar-refractivity contribution is 9.28. The smallest absolute Gasteiger partial charge is 0.336 e. The quantitative estimate of drug-likeness (QED) is 0.218. The minimum absolute atomic E-state index is 0.0561. The van der Waals surface area contributed by atoms with Crippen molar-refractivity contribution in [2.24, 2.45) is 0 Å². The van der Waals surface area contributed by atoms with Crippen LogP contribution >= 0.6 is 95.6 Å². The van der Waals surface area contributed by atoms with Crippen molar-refractivity contribution < 1.29 is 9.47 Å². The van der Waals surface area contributed by atoms with Gasteiger partial charge >= 0.3 is 4.70 Å². The Kier molecular flexibility index (Phi) is 8.15. The molecule has 0 saturated carbocycles. The Hall–Kier alpha value is 0.920. The lowest BCUT2D eigenvalue weighted by Gasteiger charge is -2.41. The Bertz CT molecular complexity index is 594. The molecule has 0 spiro atoms. The molecular weight excluding hydrogens is 704 g/mol. The molecular formula is C16H12Br6O2. The van der Waals surface area contributed by atoms with Gasteiger partial charge in [-0.15, -0.1) is 0 Å². The Morgan fingerprint density at radius 1 is 0.667 bits per heavy atom. The van der Waals surface area contributed by atoms with Crippen LogP contribution in [0.25, 0.3) is 0 Å². The van der Waals surface area contributed by atoms with Gasteiger partial charge in [-0.05, 0) is 24.3 Å². The van der Waals surface area contributed by atoms with E-state index >= 15 is 0 Å². The van der Waals surface area contributed by atoms with Crippen molar-refractivity contribution in [3.8, 4) is 11.5 Å². The van der Waals surface area contributed by atoms with Crippen molar-refractivity contribution >= 4 is 95.6 Å². The van der Waals surface area contributed by atoms with E-state index in [2.05, 4.69) is 95.6 Å². The Labute approximate surface area is 191 Å². The standard InChI is InChI=1S/C16H12Br6O2/c17-13(14(18)19)15(20,21)16(22,23-11-7-3-1-4-8-11)24-12-9-5-2-6-10-12/h1-10,13-14H. The molecule has 0 fully saturated rings. The van der Waals surface area contributed by atoms with Crippen LogP contribution in [0.2, 0.25) is 0 Å². The van der Waals surface area contributed by atoms with Crippen LogP contribution in [0.3, 0.4) is 0 Å². The number of hydrogen-bond acceptors (Lipinski definition) is 2. The molecule has 2 aromatic carbocycles. The summed E-state index contributed by atoms with van der Waals surface area (Å²) in [4.78, 5) is -0.156. The van der Waals surface area contributed by atoms with Crippen LogP contribution < -0.4 is 9.47 Å². The van der Waals surface area contributed by atoms with Crippen molar-refractivity contribution in [3.05, 3.63) is 60.7 Å². The monoisotopic (exact) mass is 710 g/mol. The number of alkyl halides is 6. The number of rotatable bonds is 7. The van der Waals surface area contributed by atoms with Gasteiger partial charge < -0.3 is 9.47 Å². The SMILES string of the molecule is BrC(Br)C(Br)C(Br)(Br)C(Br)(Oc1ccccc1)Oc1ccccc1. The summed E-state index contributed by atoms with van der Waals surface area (Å²) in [6.07, 6.45) is 0. The second-order valence-corrected chi connectivity index (χ2v) is 13.5. The molecule has 0 amide bonds. The Morgan fingerprint density at radius 3 is 1.38 bits per heavy atom. The van der Waals surface area contributed by atoms with Gasteiger partial charge in [0, 0.05) is 15.9 Å². The molecule has 1 unspecified atom stereocenters. The molecule has 0 radical (unpaired) electrons. The fourth-order valence-electron chi connectivity index (χ4n) is 1.76. The fourth-order valence-corrected chi connectivity index (χ4v) is 6.05. The van der Waals surface area contributed by atoms with Gasteiger partial charge in [-0.3, -0.25) is 0 Å². The summed E-state index contributed by atoms with van der Waals surface area (Å²) in [7, 11) is 0. The van der Waals surface area contributed by atoms with Crippen molar-refractivity contribution in [1.29, 1.82) is 0 Å². The first-order chi connectivity index (χ1) is 11.3. The van der Waals surface area contributed by atoms with Gasteiger partial charge in [0.1, 0.15) is 11.5 Å². The minimum atomic E-state index is -1.25. The van der Waals surface area contributed by atoms with Crippen LogP contribution in [-0.2, 0) is 0 Å². The summed E-state index contributed by atoms with van der Waals surface area (Å²) in [5.41, 5.74) is 0. The van der Waals surface area contributed by atoms with Crippen LogP contribution in [0.5, 0.6) is 11.5 Å². The lowest BCUT2D eigenvalue weighted by Crippen LogP contribution is -2.56. The lowest BCUT2D eigenvalue weighted by molar-refractivity contribution is -0.0274. The summed E-state index contributed by atoms with van der Waals surface area (Å²) in [6.45, 7) is 0. The molecule has 0 saturated heterocycles. The predicted octanol–water partition coefficient (Wildman–Crippen LogP) is 7.56. The molecule has 130 valence electrons. The van der Waals surface area contributed by atoms with Crippen LogP contribution in [0.1, 0.15) is 0 Å². The van der Waals surface area contributed by atoms with Gasteiger partial charge in [-0.2, -0.15) is 0 Å². The van der Waals surface area contributed by atoms with Crippen LogP contribution in [-0.4, -0.2) is 16.5 Å². The van der Waals surface area contributed by atoms with Crippen LogP contribution in [0, 0.1) is 0 Å². The number of ether oxygens (including phenoxy) is 2. The Morgan fingerprint density at radius 2 is 1.04 bits per heavy atom. The summed E-state index contributed by atoms with van der Waals surface area (Å²) in [5.74, 6) is 1.32. The number of hydrogen-bond donors (Lipinski definition) is 0. The molecule has 2 rings (SSSR count). The van der Waals surface area contributed by atoms with Gasteiger partial charge in [0.05, 0.1) is 8.56 Å². The maximum Gasteiger partial charge on any atom is 0.336 e. The average Bonchev–Trinajstić information content (AvgIpc) is 2.55. The van der Waals surface area contributed by atoms with Crippen LogP contribution in [0.4, 0.5) is 0 Å². The molecule has 0 bridgehead atoms. The second kappa shape index (κ2) is 9.22. The van der Waals surface area contributed by atoms with Crippen LogP contribution in [0.15, 0.2) is 60.7 Å².